The van der Waals surface area contributed by atoms with Crippen LogP contribution in [-0.2, 0) is 6.18 Å². The number of amides is 1. The van der Waals surface area contributed by atoms with Gasteiger partial charge in [-0.3, -0.25) is 4.90 Å². The van der Waals surface area contributed by atoms with Crippen LogP contribution in [0.25, 0.3) is 0 Å². The molecule has 0 spiro atoms. The third-order valence-corrected chi connectivity index (χ3v) is 2.77. The van der Waals surface area contributed by atoms with Crippen LogP contribution >= 0.6 is 0 Å². The van der Waals surface area contributed by atoms with Crippen molar-refractivity contribution in [1.29, 1.82) is 0 Å². The minimum Gasteiger partial charge on any atom is -0.374 e. The average Bonchev–Trinajstić information content (AvgIpc) is 2.46. The molecule has 0 saturated carbocycles. The summed E-state index contributed by atoms with van der Waals surface area (Å²) in [5.74, 6) is 0. The Morgan fingerprint density at radius 1 is 1.27 bits per heavy atom. The van der Waals surface area contributed by atoms with Crippen molar-refractivity contribution in [2.24, 2.45) is 0 Å². The second-order valence-corrected chi connectivity index (χ2v) is 4.49. The molecule has 2 aromatic rings. The van der Waals surface area contributed by atoms with Crippen molar-refractivity contribution in [3.8, 4) is 6.01 Å². The number of rotatable bonds is 2. The topological polar surface area (TPSA) is 55.3 Å². The van der Waals surface area contributed by atoms with Crippen molar-refractivity contribution >= 4 is 11.8 Å². The summed E-state index contributed by atoms with van der Waals surface area (Å²) >= 11 is 0. The van der Waals surface area contributed by atoms with Crippen molar-refractivity contribution in [3.05, 3.63) is 47.8 Å². The molecule has 8 heteroatoms. The van der Waals surface area contributed by atoms with E-state index in [0.717, 1.165) is 16.7 Å². The van der Waals surface area contributed by atoms with Crippen LogP contribution in [0.5, 0.6) is 6.01 Å². The number of aromatic nitrogens is 2. The fourth-order valence-corrected chi connectivity index (χ4v) is 1.64. The molecule has 0 aliphatic carbocycles. The molecule has 1 amide bonds. The van der Waals surface area contributed by atoms with Crippen LogP contribution in [0.1, 0.15) is 11.3 Å². The van der Waals surface area contributed by atoms with E-state index in [9.17, 15) is 18.0 Å². The van der Waals surface area contributed by atoms with E-state index in [2.05, 4.69) is 9.97 Å². The van der Waals surface area contributed by atoms with Crippen LogP contribution in [0.15, 0.2) is 36.5 Å². The van der Waals surface area contributed by atoms with Crippen molar-refractivity contribution in [3.63, 3.8) is 0 Å². The van der Waals surface area contributed by atoms with Gasteiger partial charge in [-0.2, -0.15) is 18.2 Å². The van der Waals surface area contributed by atoms with E-state index >= 15 is 0 Å². The molecule has 0 aliphatic rings. The molecular formula is C14H12F3N3O2. The van der Waals surface area contributed by atoms with E-state index in [1.807, 2.05) is 13.0 Å². The molecule has 0 aliphatic heterocycles. The number of carbonyl (C=O) groups is 1. The highest BCUT2D eigenvalue weighted by Gasteiger charge is 2.33. The number of aryl methyl sites for hydroxylation is 1. The van der Waals surface area contributed by atoms with Gasteiger partial charge in [-0.15, -0.1) is 0 Å². The summed E-state index contributed by atoms with van der Waals surface area (Å²) in [6.45, 7) is 1.85. The number of halogens is 3. The third-order valence-electron chi connectivity index (χ3n) is 2.77. The fraction of sp³-hybridized carbons (Fsp3) is 0.214. The molecule has 5 nitrogen and oxygen atoms in total. The van der Waals surface area contributed by atoms with Crippen LogP contribution in [0.2, 0.25) is 0 Å². The zero-order valence-corrected chi connectivity index (χ0v) is 11.8. The highest BCUT2D eigenvalue weighted by molar-refractivity contribution is 5.88. The molecule has 0 fully saturated rings. The molecule has 1 aromatic carbocycles. The number of hydrogen-bond donors (Lipinski definition) is 0. The van der Waals surface area contributed by atoms with Gasteiger partial charge in [-0.1, -0.05) is 12.1 Å². The molecule has 116 valence electrons. The van der Waals surface area contributed by atoms with Gasteiger partial charge in [0.1, 0.15) is 0 Å². The molecule has 0 bridgehead atoms. The minimum absolute atomic E-state index is 0.539. The van der Waals surface area contributed by atoms with Gasteiger partial charge in [0.15, 0.2) is 5.69 Å². The molecule has 2 rings (SSSR count). The van der Waals surface area contributed by atoms with Crippen LogP contribution in [0.3, 0.4) is 0 Å². The zero-order valence-electron chi connectivity index (χ0n) is 11.8. The van der Waals surface area contributed by atoms with Gasteiger partial charge in [0.25, 0.3) is 0 Å². The SMILES string of the molecule is Cc1cccc(N(C)C(=O)Oc2nccc(C(F)(F)F)n2)c1. The Morgan fingerprint density at radius 3 is 2.64 bits per heavy atom. The first-order chi connectivity index (χ1) is 10.3. The summed E-state index contributed by atoms with van der Waals surface area (Å²) in [7, 11) is 1.44. The summed E-state index contributed by atoms with van der Waals surface area (Å²) in [5.41, 5.74) is 0.285. The van der Waals surface area contributed by atoms with Gasteiger partial charge < -0.3 is 4.74 Å². The van der Waals surface area contributed by atoms with Crippen LogP contribution in [0.4, 0.5) is 23.7 Å². The lowest BCUT2D eigenvalue weighted by Gasteiger charge is -2.16. The second-order valence-electron chi connectivity index (χ2n) is 4.49. The van der Waals surface area contributed by atoms with Crippen LogP contribution < -0.4 is 9.64 Å². The Labute approximate surface area is 124 Å². The fourth-order valence-electron chi connectivity index (χ4n) is 1.64. The predicted molar refractivity (Wildman–Crippen MR) is 72.6 cm³/mol. The zero-order chi connectivity index (χ0) is 16.3. The van der Waals surface area contributed by atoms with Gasteiger partial charge in [0.2, 0.25) is 0 Å². The van der Waals surface area contributed by atoms with Crippen LogP contribution in [-0.4, -0.2) is 23.1 Å². The Hall–Kier alpha value is -2.64. The molecule has 0 saturated heterocycles. The lowest BCUT2D eigenvalue weighted by Crippen LogP contribution is -2.30. The second kappa shape index (κ2) is 6.00. The molecule has 1 aromatic heterocycles. The number of nitrogens with zero attached hydrogens (tertiary/aromatic N) is 3. The van der Waals surface area contributed by atoms with Crippen LogP contribution in [0, 0.1) is 6.92 Å². The molecule has 0 N–H and O–H groups in total. The maximum Gasteiger partial charge on any atom is 0.433 e. The highest BCUT2D eigenvalue weighted by atomic mass is 19.4. The van der Waals surface area contributed by atoms with E-state index < -0.39 is 24.0 Å². The number of alkyl halides is 3. The highest BCUT2D eigenvalue weighted by Crippen LogP contribution is 2.28. The molecule has 22 heavy (non-hydrogen) atoms. The van der Waals surface area contributed by atoms with E-state index in [1.54, 1.807) is 18.2 Å². The molecule has 1 heterocycles. The Balaban J connectivity index is 2.15. The van der Waals surface area contributed by atoms with Gasteiger partial charge in [-0.05, 0) is 30.7 Å². The van der Waals surface area contributed by atoms with Crippen molar-refractivity contribution in [2.45, 2.75) is 13.1 Å². The first-order valence-corrected chi connectivity index (χ1v) is 6.20. The number of carbonyl (C=O) groups excluding carboxylic acids is 1. The minimum atomic E-state index is -4.63. The maximum absolute atomic E-state index is 12.5. The normalized spacial score (nSPS) is 11.1. The first-order valence-electron chi connectivity index (χ1n) is 6.20. The number of benzene rings is 1. The summed E-state index contributed by atoms with van der Waals surface area (Å²) in [4.78, 5) is 19.8. The maximum atomic E-state index is 12.5. The largest absolute Gasteiger partial charge is 0.433 e. The van der Waals surface area contributed by atoms with Gasteiger partial charge >= 0.3 is 18.3 Å². The average molecular weight is 311 g/mol. The quantitative estimate of drug-likeness (QED) is 0.852. The van der Waals surface area contributed by atoms with Crippen molar-refractivity contribution in [1.82, 2.24) is 9.97 Å². The Morgan fingerprint density at radius 2 is 2.00 bits per heavy atom. The van der Waals surface area contributed by atoms with Crippen molar-refractivity contribution < 1.29 is 22.7 Å². The Bertz CT molecular complexity index is 689. The summed E-state index contributed by atoms with van der Waals surface area (Å²) in [6, 6.07) is 7.03. The lowest BCUT2D eigenvalue weighted by atomic mass is 10.2. The summed E-state index contributed by atoms with van der Waals surface area (Å²) in [5, 5.41) is 0. The molecule has 0 atom stereocenters. The van der Waals surface area contributed by atoms with E-state index in [0.29, 0.717) is 11.8 Å². The van der Waals surface area contributed by atoms with Gasteiger partial charge in [0.05, 0.1) is 0 Å². The third kappa shape index (κ3) is 3.72. The van der Waals surface area contributed by atoms with E-state index in [1.165, 1.54) is 7.05 Å². The number of hydrogen-bond acceptors (Lipinski definition) is 4. The van der Waals surface area contributed by atoms with E-state index in [4.69, 9.17) is 4.74 Å². The number of ether oxygens (including phenoxy) is 1. The first kappa shape index (κ1) is 15.7. The lowest BCUT2D eigenvalue weighted by molar-refractivity contribution is -0.141. The van der Waals surface area contributed by atoms with Crippen molar-refractivity contribution in [2.75, 3.05) is 11.9 Å². The Kier molecular flexibility index (Phi) is 4.30. The predicted octanol–water partition coefficient (Wildman–Crippen LogP) is 3.44. The smallest absolute Gasteiger partial charge is 0.374 e. The standard InChI is InChI=1S/C14H12F3N3O2/c1-9-4-3-5-10(8-9)20(2)13(21)22-12-18-7-6-11(19-12)14(15,16)17/h3-8H,1-2H3. The monoisotopic (exact) mass is 311 g/mol. The summed E-state index contributed by atoms with van der Waals surface area (Å²) in [6.07, 6.45) is -4.64. The number of anilines is 1. The van der Waals surface area contributed by atoms with E-state index in [-0.39, 0.29) is 0 Å². The molecular weight excluding hydrogens is 299 g/mol. The van der Waals surface area contributed by atoms with Gasteiger partial charge in [0, 0.05) is 18.9 Å². The summed E-state index contributed by atoms with van der Waals surface area (Å²) < 4.78 is 42.4. The molecule has 0 radical (unpaired) electrons. The van der Waals surface area contributed by atoms with Gasteiger partial charge in [-0.25, -0.2) is 9.78 Å². The molecule has 0 unspecified atom stereocenters.